The topological polar surface area (TPSA) is 77.8 Å². The number of nitrogens with zero attached hydrogens (tertiary/aromatic N) is 3. The van der Waals surface area contributed by atoms with Crippen molar-refractivity contribution in [2.75, 3.05) is 18.0 Å². The number of carbonyl (C=O) groups is 1. The Labute approximate surface area is 193 Å². The van der Waals surface area contributed by atoms with Crippen LogP contribution in [0.2, 0.25) is 0 Å². The maximum Gasteiger partial charge on any atom is 0.272 e. The molecule has 0 aliphatic heterocycles. The monoisotopic (exact) mass is 438 g/mol. The van der Waals surface area contributed by atoms with Crippen LogP contribution in [-0.2, 0) is 0 Å². The number of nitrogens with one attached hydrogen (secondary N) is 1. The molecule has 33 heavy (non-hydrogen) atoms. The largest absolute Gasteiger partial charge is 0.507 e. The highest BCUT2D eigenvalue weighted by molar-refractivity contribution is 6.07. The molecule has 3 aromatic carbocycles. The number of rotatable bonds is 7. The average molecular weight is 439 g/mol. The smallest absolute Gasteiger partial charge is 0.272 e. The molecule has 4 aromatic rings. The molecule has 1 aromatic heterocycles. The molecule has 0 fully saturated rings. The Morgan fingerprint density at radius 3 is 2.45 bits per heavy atom. The zero-order chi connectivity index (χ0) is 23.2. The Hall–Kier alpha value is -4.19. The SMILES string of the molecule is CCN(CC)c1ccc(C=NNC(=O)c2cc(-c3ccccc3)nc3ccccc23)c(O)c1. The highest BCUT2D eigenvalue weighted by Crippen LogP contribution is 2.25. The summed E-state index contributed by atoms with van der Waals surface area (Å²) in [4.78, 5) is 19.9. The van der Waals surface area contributed by atoms with E-state index in [1.54, 1.807) is 18.2 Å². The van der Waals surface area contributed by atoms with Crippen LogP contribution < -0.4 is 10.3 Å². The van der Waals surface area contributed by atoms with Gasteiger partial charge in [-0.25, -0.2) is 10.4 Å². The predicted octanol–water partition coefficient (Wildman–Crippen LogP) is 5.22. The highest BCUT2D eigenvalue weighted by Gasteiger charge is 2.13. The number of amides is 1. The Kier molecular flexibility index (Phi) is 6.64. The first-order valence-electron chi connectivity index (χ1n) is 11.0. The van der Waals surface area contributed by atoms with Gasteiger partial charge in [0, 0.05) is 41.4 Å². The number of benzene rings is 3. The number of aromatic nitrogens is 1. The molecule has 6 nitrogen and oxygen atoms in total. The molecule has 0 spiro atoms. The second-order valence-corrected chi connectivity index (χ2v) is 7.55. The molecule has 0 saturated heterocycles. The normalized spacial score (nSPS) is 11.1. The van der Waals surface area contributed by atoms with Crippen LogP contribution in [0.4, 0.5) is 5.69 Å². The number of phenolic OH excluding ortho intramolecular Hbond substituents is 1. The molecule has 4 rings (SSSR count). The maximum atomic E-state index is 13.0. The van der Waals surface area contributed by atoms with E-state index in [1.807, 2.05) is 60.7 Å². The van der Waals surface area contributed by atoms with E-state index >= 15 is 0 Å². The molecule has 166 valence electrons. The van der Waals surface area contributed by atoms with Gasteiger partial charge in [-0.05, 0) is 38.1 Å². The fourth-order valence-electron chi connectivity index (χ4n) is 3.77. The van der Waals surface area contributed by atoms with Gasteiger partial charge in [-0.15, -0.1) is 0 Å². The number of anilines is 1. The summed E-state index contributed by atoms with van der Waals surface area (Å²) in [6, 6.07) is 24.5. The summed E-state index contributed by atoms with van der Waals surface area (Å²) in [6.45, 7) is 5.84. The van der Waals surface area contributed by atoms with E-state index in [0.29, 0.717) is 16.8 Å². The van der Waals surface area contributed by atoms with Crippen molar-refractivity contribution in [3.63, 3.8) is 0 Å². The van der Waals surface area contributed by atoms with Gasteiger partial charge in [0.25, 0.3) is 5.91 Å². The van der Waals surface area contributed by atoms with E-state index in [4.69, 9.17) is 4.98 Å². The Bertz CT molecular complexity index is 1300. The Balaban J connectivity index is 1.59. The summed E-state index contributed by atoms with van der Waals surface area (Å²) in [5, 5.41) is 15.2. The van der Waals surface area contributed by atoms with E-state index in [2.05, 4.69) is 29.3 Å². The molecule has 6 heteroatoms. The molecular formula is C27H26N4O2. The van der Waals surface area contributed by atoms with Crippen LogP contribution in [0.25, 0.3) is 22.2 Å². The average Bonchev–Trinajstić information content (AvgIpc) is 2.85. The van der Waals surface area contributed by atoms with Crippen LogP contribution in [-0.4, -0.2) is 35.3 Å². The molecule has 0 bridgehead atoms. The van der Waals surface area contributed by atoms with E-state index < -0.39 is 0 Å². The van der Waals surface area contributed by atoms with Gasteiger partial charge in [0.1, 0.15) is 5.75 Å². The number of pyridine rings is 1. The fraction of sp³-hybridized carbons (Fsp3) is 0.148. The molecule has 0 saturated carbocycles. The zero-order valence-electron chi connectivity index (χ0n) is 18.7. The quantitative estimate of drug-likeness (QED) is 0.306. The van der Waals surface area contributed by atoms with Gasteiger partial charge < -0.3 is 10.0 Å². The number of phenols is 1. The third kappa shape index (κ3) is 4.85. The number of hydrazone groups is 1. The van der Waals surface area contributed by atoms with Crippen LogP contribution in [0, 0.1) is 0 Å². The zero-order valence-corrected chi connectivity index (χ0v) is 18.7. The van der Waals surface area contributed by atoms with E-state index in [1.165, 1.54) is 6.21 Å². The maximum absolute atomic E-state index is 13.0. The number of aromatic hydroxyl groups is 1. The minimum atomic E-state index is -0.346. The first-order valence-corrected chi connectivity index (χ1v) is 11.0. The van der Waals surface area contributed by atoms with Gasteiger partial charge in [-0.3, -0.25) is 4.79 Å². The minimum absolute atomic E-state index is 0.109. The minimum Gasteiger partial charge on any atom is -0.507 e. The summed E-state index contributed by atoms with van der Waals surface area (Å²) in [7, 11) is 0. The van der Waals surface area contributed by atoms with Crippen LogP contribution >= 0.6 is 0 Å². The van der Waals surface area contributed by atoms with Crippen molar-refractivity contribution in [3.05, 3.63) is 90.0 Å². The van der Waals surface area contributed by atoms with Crippen molar-refractivity contribution < 1.29 is 9.90 Å². The van der Waals surface area contributed by atoms with E-state index in [9.17, 15) is 9.90 Å². The lowest BCUT2D eigenvalue weighted by Gasteiger charge is -2.21. The molecule has 1 amide bonds. The molecule has 1 heterocycles. The van der Waals surface area contributed by atoms with Gasteiger partial charge >= 0.3 is 0 Å². The highest BCUT2D eigenvalue weighted by atomic mass is 16.3. The summed E-state index contributed by atoms with van der Waals surface area (Å²) < 4.78 is 0. The predicted molar refractivity (Wildman–Crippen MR) is 134 cm³/mol. The molecule has 0 aliphatic rings. The van der Waals surface area contributed by atoms with Crippen LogP contribution in [0.15, 0.2) is 84.0 Å². The summed E-state index contributed by atoms with van der Waals surface area (Å²) in [6.07, 6.45) is 1.45. The standard InChI is InChI=1S/C27H26N4O2/c1-3-31(4-2)21-15-14-20(26(32)16-21)18-28-30-27(33)23-17-25(19-10-6-5-7-11-19)29-24-13-9-8-12-22(23)24/h5-18,32H,3-4H2,1-2H3,(H,30,33). The number of fused-ring (bicyclic) bond motifs is 1. The lowest BCUT2D eigenvalue weighted by molar-refractivity contribution is 0.0956. The van der Waals surface area contributed by atoms with Crippen molar-refractivity contribution >= 4 is 28.7 Å². The summed E-state index contributed by atoms with van der Waals surface area (Å²) in [5.74, 6) is -0.237. The van der Waals surface area contributed by atoms with Crippen molar-refractivity contribution in [1.82, 2.24) is 10.4 Å². The fourth-order valence-corrected chi connectivity index (χ4v) is 3.77. The van der Waals surface area contributed by atoms with Crippen molar-refractivity contribution in [2.45, 2.75) is 13.8 Å². The van der Waals surface area contributed by atoms with Gasteiger partial charge in [-0.1, -0.05) is 48.5 Å². The Morgan fingerprint density at radius 1 is 1.00 bits per heavy atom. The van der Waals surface area contributed by atoms with E-state index in [-0.39, 0.29) is 11.7 Å². The second-order valence-electron chi connectivity index (χ2n) is 7.55. The number of hydrogen-bond donors (Lipinski definition) is 2. The third-order valence-corrected chi connectivity index (χ3v) is 5.54. The van der Waals surface area contributed by atoms with Gasteiger partial charge in [-0.2, -0.15) is 5.10 Å². The van der Waals surface area contributed by atoms with Crippen molar-refractivity contribution in [3.8, 4) is 17.0 Å². The summed E-state index contributed by atoms with van der Waals surface area (Å²) >= 11 is 0. The number of hydrogen-bond acceptors (Lipinski definition) is 5. The molecule has 0 aliphatic carbocycles. The van der Waals surface area contributed by atoms with Gasteiger partial charge in [0.2, 0.25) is 0 Å². The van der Waals surface area contributed by atoms with Crippen molar-refractivity contribution in [2.24, 2.45) is 5.10 Å². The molecule has 0 unspecified atom stereocenters. The first kappa shape index (κ1) is 22.0. The molecule has 0 radical (unpaired) electrons. The van der Waals surface area contributed by atoms with Gasteiger partial charge in [0.15, 0.2) is 0 Å². The second kappa shape index (κ2) is 9.96. The third-order valence-electron chi connectivity index (χ3n) is 5.54. The van der Waals surface area contributed by atoms with Crippen LogP contribution in [0.5, 0.6) is 5.75 Å². The Morgan fingerprint density at radius 2 is 1.73 bits per heavy atom. The summed E-state index contributed by atoms with van der Waals surface area (Å²) in [5.41, 5.74) is 6.91. The molecular weight excluding hydrogens is 412 g/mol. The van der Waals surface area contributed by atoms with Crippen molar-refractivity contribution in [1.29, 1.82) is 0 Å². The molecule has 2 N–H and O–H groups in total. The molecule has 0 atom stereocenters. The van der Waals surface area contributed by atoms with Crippen LogP contribution in [0.1, 0.15) is 29.8 Å². The number of carbonyl (C=O) groups excluding carboxylic acids is 1. The van der Waals surface area contributed by atoms with Crippen LogP contribution in [0.3, 0.4) is 0 Å². The van der Waals surface area contributed by atoms with Gasteiger partial charge in [0.05, 0.1) is 23.0 Å². The lowest BCUT2D eigenvalue weighted by atomic mass is 10.0. The number of para-hydroxylation sites is 1. The lowest BCUT2D eigenvalue weighted by Crippen LogP contribution is -2.21. The van der Waals surface area contributed by atoms with E-state index in [0.717, 1.165) is 35.2 Å². The first-order chi connectivity index (χ1) is 16.1.